The standard InChI is InChI=1S/C6H7O6/c7-1-2(8)5-3(9)4(10)6(11)12-5/h2,5,7-8,10H,1H2/t2-,5-/m1/s1. The van der Waals surface area contributed by atoms with E-state index in [0.29, 0.717) is 0 Å². The van der Waals surface area contributed by atoms with Crippen molar-refractivity contribution < 1.29 is 30.0 Å². The third-order valence-corrected chi connectivity index (χ3v) is 1.46. The lowest BCUT2D eigenvalue weighted by Crippen LogP contribution is -2.35. The van der Waals surface area contributed by atoms with Crippen LogP contribution in [0.3, 0.4) is 0 Å². The highest BCUT2D eigenvalue weighted by atomic mass is 16.6. The van der Waals surface area contributed by atoms with Crippen molar-refractivity contribution in [2.75, 3.05) is 6.61 Å². The minimum Gasteiger partial charge on any atom is -0.499 e. The SMILES string of the molecule is [O]C1=C(O)C(=O)[C@@H]([C@H](O)CO)O1. The van der Waals surface area contributed by atoms with Crippen LogP contribution in [0.15, 0.2) is 11.7 Å². The first-order valence-corrected chi connectivity index (χ1v) is 3.18. The van der Waals surface area contributed by atoms with Gasteiger partial charge in [0, 0.05) is 0 Å². The quantitative estimate of drug-likeness (QED) is 0.471. The molecule has 12 heavy (non-hydrogen) atoms. The average Bonchev–Trinajstić information content (AvgIpc) is 2.32. The van der Waals surface area contributed by atoms with E-state index >= 15 is 0 Å². The maximum atomic E-state index is 10.8. The number of Topliss-reactive ketones (excluding diaryl/α,β-unsaturated/α-hetero) is 1. The zero-order valence-electron chi connectivity index (χ0n) is 5.93. The number of hydrogen-bond acceptors (Lipinski definition) is 5. The van der Waals surface area contributed by atoms with Gasteiger partial charge >= 0.3 is 5.95 Å². The van der Waals surface area contributed by atoms with Crippen LogP contribution in [-0.4, -0.2) is 39.9 Å². The molecule has 1 rings (SSSR count). The van der Waals surface area contributed by atoms with Crippen LogP contribution in [0.25, 0.3) is 0 Å². The number of ketones is 1. The molecule has 1 aliphatic heterocycles. The molecule has 0 unspecified atom stereocenters. The molecule has 0 fully saturated rings. The van der Waals surface area contributed by atoms with E-state index in [9.17, 15) is 9.90 Å². The van der Waals surface area contributed by atoms with Gasteiger partial charge in [0.05, 0.1) is 6.61 Å². The number of carbonyl (C=O) groups is 1. The summed E-state index contributed by atoms with van der Waals surface area (Å²) in [5.74, 6) is -3.20. The third-order valence-electron chi connectivity index (χ3n) is 1.46. The Balaban J connectivity index is 2.73. The number of ether oxygens (including phenoxy) is 1. The van der Waals surface area contributed by atoms with E-state index in [2.05, 4.69) is 4.74 Å². The maximum Gasteiger partial charge on any atom is 0.378 e. The van der Waals surface area contributed by atoms with E-state index in [4.69, 9.17) is 15.3 Å². The fourth-order valence-corrected chi connectivity index (χ4v) is 0.809. The van der Waals surface area contributed by atoms with Crippen LogP contribution in [0.5, 0.6) is 0 Å². The van der Waals surface area contributed by atoms with Gasteiger partial charge in [-0.1, -0.05) is 0 Å². The van der Waals surface area contributed by atoms with Crippen molar-refractivity contribution in [3.05, 3.63) is 11.7 Å². The zero-order chi connectivity index (χ0) is 9.30. The molecule has 3 N–H and O–H groups in total. The van der Waals surface area contributed by atoms with Gasteiger partial charge in [0.15, 0.2) is 6.10 Å². The molecule has 2 atom stereocenters. The fraction of sp³-hybridized carbons (Fsp3) is 0.500. The van der Waals surface area contributed by atoms with Crippen molar-refractivity contribution in [3.8, 4) is 0 Å². The topological polar surface area (TPSA) is 107 Å². The summed E-state index contributed by atoms with van der Waals surface area (Å²) in [5, 5.41) is 36.5. The third kappa shape index (κ3) is 1.21. The van der Waals surface area contributed by atoms with Crippen LogP contribution < -0.4 is 0 Å². The maximum absolute atomic E-state index is 10.8. The van der Waals surface area contributed by atoms with Crippen LogP contribution >= 0.6 is 0 Å². The summed E-state index contributed by atoms with van der Waals surface area (Å²) in [7, 11) is 0. The smallest absolute Gasteiger partial charge is 0.378 e. The van der Waals surface area contributed by atoms with Gasteiger partial charge in [-0.15, -0.1) is 0 Å². The van der Waals surface area contributed by atoms with Crippen LogP contribution in [0, 0.1) is 0 Å². The van der Waals surface area contributed by atoms with Crippen molar-refractivity contribution in [3.63, 3.8) is 0 Å². The molecule has 6 nitrogen and oxygen atoms in total. The number of carbonyl (C=O) groups excluding carboxylic acids is 1. The normalized spacial score (nSPS) is 25.8. The summed E-state index contributed by atoms with van der Waals surface area (Å²) in [6, 6.07) is 0. The predicted octanol–water partition coefficient (Wildman–Crippen LogP) is -1.53. The fourth-order valence-electron chi connectivity index (χ4n) is 0.809. The molecule has 1 aliphatic rings. The highest BCUT2D eigenvalue weighted by Crippen LogP contribution is 2.20. The van der Waals surface area contributed by atoms with E-state index in [1.165, 1.54) is 0 Å². The van der Waals surface area contributed by atoms with Crippen molar-refractivity contribution >= 4 is 5.78 Å². The van der Waals surface area contributed by atoms with E-state index in [1.807, 2.05) is 0 Å². The van der Waals surface area contributed by atoms with Crippen LogP contribution in [0.4, 0.5) is 0 Å². The molecule has 0 aromatic carbocycles. The van der Waals surface area contributed by atoms with E-state index in [0.717, 1.165) is 0 Å². The molecular formula is C6H7O6. The van der Waals surface area contributed by atoms with Crippen LogP contribution in [-0.2, 0) is 14.6 Å². The van der Waals surface area contributed by atoms with Crippen LogP contribution in [0.1, 0.15) is 0 Å². The van der Waals surface area contributed by atoms with E-state index < -0.39 is 36.3 Å². The number of hydrogen-bond donors (Lipinski definition) is 3. The summed E-state index contributed by atoms with van der Waals surface area (Å²) in [5.41, 5.74) is 0. The largest absolute Gasteiger partial charge is 0.499 e. The van der Waals surface area contributed by atoms with Gasteiger partial charge in [-0.05, 0) is 0 Å². The minimum atomic E-state index is -1.48. The lowest BCUT2D eigenvalue weighted by atomic mass is 10.1. The monoisotopic (exact) mass is 175 g/mol. The molecule has 6 heteroatoms. The minimum absolute atomic E-state index is 0.711. The number of aliphatic hydroxyl groups is 3. The van der Waals surface area contributed by atoms with Gasteiger partial charge in [-0.2, -0.15) is 0 Å². The van der Waals surface area contributed by atoms with Gasteiger partial charge < -0.3 is 20.1 Å². The molecule has 67 valence electrons. The average molecular weight is 175 g/mol. The first-order chi connectivity index (χ1) is 5.57. The second-order valence-electron chi connectivity index (χ2n) is 2.29. The summed E-state index contributed by atoms with van der Waals surface area (Å²) >= 11 is 0. The van der Waals surface area contributed by atoms with Gasteiger partial charge in [-0.3, -0.25) is 4.79 Å². The molecule has 1 heterocycles. The van der Waals surface area contributed by atoms with Gasteiger partial charge in [0.25, 0.3) is 0 Å². The Morgan fingerprint density at radius 2 is 2.17 bits per heavy atom. The molecule has 0 amide bonds. The Morgan fingerprint density at radius 1 is 1.58 bits per heavy atom. The van der Waals surface area contributed by atoms with Gasteiger partial charge in [-0.25, -0.2) is 5.11 Å². The van der Waals surface area contributed by atoms with Crippen LogP contribution in [0.2, 0.25) is 0 Å². The Labute approximate surface area is 67.3 Å². The molecule has 1 radical (unpaired) electrons. The first-order valence-electron chi connectivity index (χ1n) is 3.18. The first kappa shape index (κ1) is 8.82. The summed E-state index contributed by atoms with van der Waals surface area (Å²) in [6.45, 7) is -0.711. The second kappa shape index (κ2) is 3.00. The molecule has 0 aromatic heterocycles. The Kier molecular flexibility index (Phi) is 2.20. The lowest BCUT2D eigenvalue weighted by molar-refractivity contribution is -0.132. The molecule has 0 saturated heterocycles. The highest BCUT2D eigenvalue weighted by molar-refractivity contribution is 5.99. The van der Waals surface area contributed by atoms with Crippen molar-refractivity contribution in [2.45, 2.75) is 12.2 Å². The molecule has 0 bridgehead atoms. The lowest BCUT2D eigenvalue weighted by Gasteiger charge is -2.12. The summed E-state index contributed by atoms with van der Waals surface area (Å²) in [6.07, 6.45) is -2.95. The summed E-state index contributed by atoms with van der Waals surface area (Å²) < 4.78 is 4.25. The Bertz CT molecular complexity index is 232. The number of aliphatic hydroxyl groups excluding tert-OH is 3. The predicted molar refractivity (Wildman–Crippen MR) is 33.3 cm³/mol. The molecular weight excluding hydrogens is 168 g/mol. The highest BCUT2D eigenvalue weighted by Gasteiger charge is 2.41. The van der Waals surface area contributed by atoms with Crippen molar-refractivity contribution in [2.24, 2.45) is 0 Å². The van der Waals surface area contributed by atoms with E-state index in [-0.39, 0.29) is 0 Å². The molecule has 0 spiro atoms. The summed E-state index contributed by atoms with van der Waals surface area (Å²) in [4.78, 5) is 10.8. The molecule has 0 aliphatic carbocycles. The van der Waals surface area contributed by atoms with Gasteiger partial charge in [0.1, 0.15) is 6.10 Å². The zero-order valence-corrected chi connectivity index (χ0v) is 5.93. The Hall–Kier alpha value is -1.27. The molecule has 0 aromatic rings. The second-order valence-corrected chi connectivity index (χ2v) is 2.29. The van der Waals surface area contributed by atoms with Crippen molar-refractivity contribution in [1.29, 1.82) is 0 Å². The number of rotatable bonds is 2. The Morgan fingerprint density at radius 3 is 2.50 bits per heavy atom. The van der Waals surface area contributed by atoms with Crippen molar-refractivity contribution in [1.82, 2.24) is 0 Å². The van der Waals surface area contributed by atoms with E-state index in [1.54, 1.807) is 0 Å². The molecule has 0 saturated carbocycles. The van der Waals surface area contributed by atoms with Gasteiger partial charge in [0.2, 0.25) is 11.5 Å².